The average molecular weight is 255 g/mol. The molecule has 3 heteroatoms. The average Bonchev–Trinajstić information content (AvgIpc) is 2.40. The first-order valence-electron chi connectivity index (χ1n) is 6.94. The summed E-state index contributed by atoms with van der Waals surface area (Å²) in [5, 5.41) is 2.22. The van der Waals surface area contributed by atoms with Gasteiger partial charge in [0.05, 0.1) is 11.4 Å². The van der Waals surface area contributed by atoms with Gasteiger partial charge in [0, 0.05) is 36.3 Å². The quantitative estimate of drug-likeness (QED) is 0.794. The monoisotopic (exact) mass is 255 g/mol. The molecule has 1 aliphatic heterocycles. The number of benzene rings is 1. The lowest BCUT2D eigenvalue weighted by Gasteiger charge is -2.38. The number of nitrogens with two attached hydrogens (primary N) is 1. The zero-order valence-corrected chi connectivity index (χ0v) is 11.7. The van der Waals surface area contributed by atoms with Crippen LogP contribution in [0.25, 0.3) is 10.8 Å². The summed E-state index contributed by atoms with van der Waals surface area (Å²) in [6.07, 6.45) is 6.12. The van der Waals surface area contributed by atoms with Gasteiger partial charge in [-0.15, -0.1) is 0 Å². The van der Waals surface area contributed by atoms with E-state index in [4.69, 9.17) is 5.73 Å². The number of aromatic nitrogens is 1. The van der Waals surface area contributed by atoms with Crippen molar-refractivity contribution in [3.8, 4) is 0 Å². The van der Waals surface area contributed by atoms with E-state index in [1.807, 2.05) is 18.5 Å². The number of fused-ring (bicyclic) bond motifs is 1. The summed E-state index contributed by atoms with van der Waals surface area (Å²) < 4.78 is 0. The van der Waals surface area contributed by atoms with Gasteiger partial charge in [0.15, 0.2) is 0 Å². The van der Waals surface area contributed by atoms with E-state index in [9.17, 15) is 0 Å². The topological polar surface area (TPSA) is 42.2 Å². The van der Waals surface area contributed by atoms with Crippen molar-refractivity contribution < 1.29 is 0 Å². The Labute approximate surface area is 114 Å². The molecule has 0 bridgehead atoms. The van der Waals surface area contributed by atoms with Crippen molar-refractivity contribution in [2.75, 3.05) is 23.7 Å². The minimum absolute atomic E-state index is 0.464. The molecule has 1 aromatic carbocycles. The third kappa shape index (κ3) is 2.25. The molecule has 1 aliphatic rings. The fourth-order valence-electron chi connectivity index (χ4n) is 2.81. The maximum atomic E-state index is 6.35. The summed E-state index contributed by atoms with van der Waals surface area (Å²) in [7, 11) is 0. The van der Waals surface area contributed by atoms with Gasteiger partial charge in [0.1, 0.15) is 0 Å². The summed E-state index contributed by atoms with van der Waals surface area (Å²) in [6, 6.07) is 6.26. The number of pyridine rings is 1. The van der Waals surface area contributed by atoms with Crippen LogP contribution in [0.15, 0.2) is 30.6 Å². The molecule has 0 spiro atoms. The second-order valence-corrected chi connectivity index (χ2v) is 6.25. The van der Waals surface area contributed by atoms with Crippen molar-refractivity contribution in [1.82, 2.24) is 4.98 Å². The van der Waals surface area contributed by atoms with Crippen LogP contribution in [0, 0.1) is 5.41 Å². The van der Waals surface area contributed by atoms with Crippen molar-refractivity contribution in [3.63, 3.8) is 0 Å². The highest BCUT2D eigenvalue weighted by Crippen LogP contribution is 2.36. The summed E-state index contributed by atoms with van der Waals surface area (Å²) in [5.74, 6) is 0. The van der Waals surface area contributed by atoms with Gasteiger partial charge in [-0.25, -0.2) is 0 Å². The predicted molar refractivity (Wildman–Crippen MR) is 81.4 cm³/mol. The molecule has 100 valence electrons. The first-order valence-corrected chi connectivity index (χ1v) is 6.94. The molecule has 3 rings (SSSR count). The largest absolute Gasteiger partial charge is 0.397 e. The van der Waals surface area contributed by atoms with E-state index in [2.05, 4.69) is 35.9 Å². The van der Waals surface area contributed by atoms with Crippen LogP contribution in [0.1, 0.15) is 26.7 Å². The van der Waals surface area contributed by atoms with Crippen molar-refractivity contribution >= 4 is 22.1 Å². The molecule has 0 radical (unpaired) electrons. The summed E-state index contributed by atoms with van der Waals surface area (Å²) in [4.78, 5) is 6.56. The van der Waals surface area contributed by atoms with Crippen LogP contribution in [-0.4, -0.2) is 18.1 Å². The van der Waals surface area contributed by atoms with Crippen LogP contribution >= 0.6 is 0 Å². The maximum Gasteiger partial charge on any atom is 0.0632 e. The number of hydrogen-bond donors (Lipinski definition) is 1. The van der Waals surface area contributed by atoms with Crippen LogP contribution in [0.4, 0.5) is 11.4 Å². The van der Waals surface area contributed by atoms with Gasteiger partial charge < -0.3 is 10.6 Å². The molecule has 2 aromatic rings. The Bertz CT molecular complexity index is 594. The summed E-state index contributed by atoms with van der Waals surface area (Å²) in [6.45, 7) is 6.88. The molecule has 2 heterocycles. The maximum absolute atomic E-state index is 6.35. The predicted octanol–water partition coefficient (Wildman–Crippen LogP) is 3.44. The Morgan fingerprint density at radius 2 is 1.89 bits per heavy atom. The molecule has 3 nitrogen and oxygen atoms in total. The van der Waals surface area contributed by atoms with Gasteiger partial charge in [-0.05, 0) is 30.4 Å². The summed E-state index contributed by atoms with van der Waals surface area (Å²) >= 11 is 0. The first-order chi connectivity index (χ1) is 9.07. The molecule has 2 N–H and O–H groups in total. The van der Waals surface area contributed by atoms with E-state index in [1.54, 1.807) is 0 Å². The van der Waals surface area contributed by atoms with Crippen molar-refractivity contribution in [2.45, 2.75) is 26.7 Å². The Morgan fingerprint density at radius 3 is 2.63 bits per heavy atom. The zero-order valence-electron chi connectivity index (χ0n) is 11.7. The number of hydrogen-bond acceptors (Lipinski definition) is 3. The highest BCUT2D eigenvalue weighted by Gasteiger charge is 2.26. The molecule has 0 atom stereocenters. The fourth-order valence-corrected chi connectivity index (χ4v) is 2.81. The van der Waals surface area contributed by atoms with Crippen LogP contribution in [0.5, 0.6) is 0 Å². The fraction of sp³-hybridized carbons (Fsp3) is 0.438. The van der Waals surface area contributed by atoms with Crippen molar-refractivity contribution in [2.24, 2.45) is 5.41 Å². The van der Waals surface area contributed by atoms with Gasteiger partial charge in [-0.2, -0.15) is 0 Å². The SMILES string of the molecule is CC1(C)CCN(c2ccc3cnccc3c2N)CC1. The molecular weight excluding hydrogens is 234 g/mol. The second-order valence-electron chi connectivity index (χ2n) is 6.25. The van der Waals surface area contributed by atoms with Gasteiger partial charge >= 0.3 is 0 Å². The lowest BCUT2D eigenvalue weighted by atomic mass is 9.82. The van der Waals surface area contributed by atoms with E-state index in [0.29, 0.717) is 5.41 Å². The Hall–Kier alpha value is -1.77. The molecule has 0 amide bonds. The van der Waals surface area contributed by atoms with Gasteiger partial charge in [0.2, 0.25) is 0 Å². The highest BCUT2D eigenvalue weighted by molar-refractivity contribution is 5.98. The van der Waals surface area contributed by atoms with E-state index in [-0.39, 0.29) is 0 Å². The molecule has 0 unspecified atom stereocenters. The van der Waals surface area contributed by atoms with Crippen LogP contribution < -0.4 is 10.6 Å². The van der Waals surface area contributed by atoms with E-state index >= 15 is 0 Å². The lowest BCUT2D eigenvalue weighted by molar-refractivity contribution is 0.280. The standard InChI is InChI=1S/C16H21N3/c1-16(2)6-9-19(10-7-16)14-4-3-12-11-18-8-5-13(12)15(14)17/h3-5,8,11H,6-7,9-10,17H2,1-2H3. The molecule has 0 aliphatic carbocycles. The molecule has 1 fully saturated rings. The number of piperidine rings is 1. The van der Waals surface area contributed by atoms with Crippen molar-refractivity contribution in [3.05, 3.63) is 30.6 Å². The van der Waals surface area contributed by atoms with Gasteiger partial charge in [0.25, 0.3) is 0 Å². The lowest BCUT2D eigenvalue weighted by Crippen LogP contribution is -2.37. The molecule has 1 saturated heterocycles. The Balaban J connectivity index is 1.96. The van der Waals surface area contributed by atoms with E-state index in [0.717, 1.165) is 29.5 Å². The number of nitrogens with zero attached hydrogens (tertiary/aromatic N) is 2. The summed E-state index contributed by atoms with van der Waals surface area (Å²) in [5.41, 5.74) is 8.88. The molecule has 0 saturated carbocycles. The molecule has 1 aromatic heterocycles. The minimum Gasteiger partial charge on any atom is -0.397 e. The smallest absolute Gasteiger partial charge is 0.0632 e. The van der Waals surface area contributed by atoms with Gasteiger partial charge in [-0.1, -0.05) is 19.9 Å². The number of anilines is 2. The number of rotatable bonds is 1. The van der Waals surface area contributed by atoms with E-state index < -0.39 is 0 Å². The Kier molecular flexibility index (Phi) is 2.85. The van der Waals surface area contributed by atoms with Crippen LogP contribution in [0.3, 0.4) is 0 Å². The van der Waals surface area contributed by atoms with Gasteiger partial charge in [-0.3, -0.25) is 4.98 Å². The zero-order chi connectivity index (χ0) is 13.5. The highest BCUT2D eigenvalue weighted by atomic mass is 15.1. The van der Waals surface area contributed by atoms with E-state index in [1.165, 1.54) is 18.5 Å². The third-order valence-corrected chi connectivity index (χ3v) is 4.30. The second kappa shape index (κ2) is 4.41. The normalized spacial score (nSPS) is 18.7. The van der Waals surface area contributed by atoms with Crippen LogP contribution in [-0.2, 0) is 0 Å². The van der Waals surface area contributed by atoms with Crippen LogP contribution in [0.2, 0.25) is 0 Å². The molecule has 19 heavy (non-hydrogen) atoms. The number of nitrogen functional groups attached to an aromatic ring is 1. The minimum atomic E-state index is 0.464. The first kappa shape index (κ1) is 12.3. The Morgan fingerprint density at radius 1 is 1.16 bits per heavy atom. The third-order valence-electron chi connectivity index (χ3n) is 4.30. The molecular formula is C16H21N3. The van der Waals surface area contributed by atoms with Crippen molar-refractivity contribution in [1.29, 1.82) is 0 Å².